The zero-order chi connectivity index (χ0) is 19.0. The third-order valence-corrected chi connectivity index (χ3v) is 4.19. The van der Waals surface area contributed by atoms with Crippen molar-refractivity contribution in [2.75, 3.05) is 19.8 Å². The van der Waals surface area contributed by atoms with E-state index in [1.165, 1.54) is 0 Å². The lowest BCUT2D eigenvalue weighted by atomic mass is 9.91. The SMILES string of the molecule is CC(C)CC[C@H]1COC[C@H](N)C(=O)O[C@@H](C)[C@@H]1OCCCC(F)(F)F. The van der Waals surface area contributed by atoms with Crippen LogP contribution in [0.25, 0.3) is 0 Å². The number of ether oxygens (including phenoxy) is 3. The van der Waals surface area contributed by atoms with E-state index in [-0.39, 0.29) is 25.6 Å². The first-order valence-electron chi connectivity index (χ1n) is 8.82. The fourth-order valence-corrected chi connectivity index (χ4v) is 2.79. The maximum Gasteiger partial charge on any atom is 0.389 e. The molecule has 1 rings (SSSR count). The number of rotatable bonds is 7. The lowest BCUT2D eigenvalue weighted by molar-refractivity contribution is -0.161. The number of nitrogens with two attached hydrogens (primary N) is 1. The molecular weight excluding hydrogens is 339 g/mol. The average molecular weight is 369 g/mol. The van der Waals surface area contributed by atoms with Gasteiger partial charge in [0.05, 0.1) is 19.3 Å². The molecular formula is C17H30F3NO4. The van der Waals surface area contributed by atoms with Crippen molar-refractivity contribution >= 4 is 5.97 Å². The molecule has 1 aliphatic rings. The van der Waals surface area contributed by atoms with E-state index in [9.17, 15) is 18.0 Å². The number of carbonyl (C=O) groups excluding carboxylic acids is 1. The highest BCUT2D eigenvalue weighted by molar-refractivity contribution is 5.75. The fourth-order valence-electron chi connectivity index (χ4n) is 2.79. The van der Waals surface area contributed by atoms with Crippen molar-refractivity contribution in [2.45, 2.75) is 70.9 Å². The number of halogens is 3. The molecule has 4 atom stereocenters. The second-order valence-corrected chi connectivity index (χ2v) is 7.07. The Morgan fingerprint density at radius 3 is 2.60 bits per heavy atom. The second-order valence-electron chi connectivity index (χ2n) is 7.07. The van der Waals surface area contributed by atoms with Crippen LogP contribution < -0.4 is 5.73 Å². The minimum absolute atomic E-state index is 0.0453. The van der Waals surface area contributed by atoms with Crippen molar-refractivity contribution < 1.29 is 32.2 Å². The van der Waals surface area contributed by atoms with Gasteiger partial charge >= 0.3 is 12.1 Å². The Hall–Kier alpha value is -0.860. The topological polar surface area (TPSA) is 70.8 Å². The summed E-state index contributed by atoms with van der Waals surface area (Å²) in [5.74, 6) is -0.180. The summed E-state index contributed by atoms with van der Waals surface area (Å²) in [4.78, 5) is 11.9. The van der Waals surface area contributed by atoms with Gasteiger partial charge in [-0.25, -0.2) is 0 Å². The molecule has 25 heavy (non-hydrogen) atoms. The van der Waals surface area contributed by atoms with E-state index in [2.05, 4.69) is 13.8 Å². The Kier molecular flexibility index (Phi) is 9.16. The van der Waals surface area contributed by atoms with Crippen molar-refractivity contribution in [1.29, 1.82) is 0 Å². The number of cyclic esters (lactones) is 1. The van der Waals surface area contributed by atoms with Crippen LogP contribution in [0.5, 0.6) is 0 Å². The molecule has 0 unspecified atom stereocenters. The fraction of sp³-hybridized carbons (Fsp3) is 0.941. The van der Waals surface area contributed by atoms with Gasteiger partial charge < -0.3 is 19.9 Å². The van der Waals surface area contributed by atoms with Crippen LogP contribution in [0, 0.1) is 11.8 Å². The number of esters is 1. The van der Waals surface area contributed by atoms with Gasteiger partial charge in [-0.3, -0.25) is 4.79 Å². The Balaban J connectivity index is 2.73. The second kappa shape index (κ2) is 10.3. The molecule has 1 saturated heterocycles. The average Bonchev–Trinajstić information content (AvgIpc) is 2.53. The minimum Gasteiger partial charge on any atom is -0.459 e. The molecule has 0 aromatic carbocycles. The van der Waals surface area contributed by atoms with Crippen molar-refractivity contribution in [3.8, 4) is 0 Å². The Morgan fingerprint density at radius 2 is 2.00 bits per heavy atom. The molecule has 2 N–H and O–H groups in total. The summed E-state index contributed by atoms with van der Waals surface area (Å²) in [6, 6.07) is -0.864. The highest BCUT2D eigenvalue weighted by atomic mass is 19.4. The highest BCUT2D eigenvalue weighted by Gasteiger charge is 2.34. The standard InChI is InChI=1S/C17H30F3NO4/c1-11(2)5-6-13-9-23-10-14(21)16(22)25-12(3)15(13)24-8-4-7-17(18,19)20/h11-15H,4-10,21H2,1-3H3/t12-,13-,14-,15-/m0/s1. The summed E-state index contributed by atoms with van der Waals surface area (Å²) in [5, 5.41) is 0. The van der Waals surface area contributed by atoms with Gasteiger partial charge in [-0.05, 0) is 25.7 Å². The van der Waals surface area contributed by atoms with Crippen molar-refractivity contribution in [1.82, 2.24) is 0 Å². The molecule has 0 saturated carbocycles. The zero-order valence-electron chi connectivity index (χ0n) is 15.2. The maximum absolute atomic E-state index is 12.3. The van der Waals surface area contributed by atoms with E-state index >= 15 is 0 Å². The Bertz CT molecular complexity index is 404. The van der Waals surface area contributed by atoms with Gasteiger partial charge in [-0.15, -0.1) is 0 Å². The van der Waals surface area contributed by atoms with Gasteiger partial charge in [-0.2, -0.15) is 13.2 Å². The van der Waals surface area contributed by atoms with E-state index in [0.717, 1.165) is 12.8 Å². The summed E-state index contributed by atoms with van der Waals surface area (Å²) in [7, 11) is 0. The molecule has 0 amide bonds. The number of carbonyl (C=O) groups is 1. The lowest BCUT2D eigenvalue weighted by Gasteiger charge is -2.31. The molecule has 1 fully saturated rings. The van der Waals surface area contributed by atoms with Crippen LogP contribution in [0.4, 0.5) is 13.2 Å². The van der Waals surface area contributed by atoms with E-state index in [0.29, 0.717) is 12.5 Å². The third-order valence-electron chi connectivity index (χ3n) is 4.19. The quantitative estimate of drug-likeness (QED) is 0.552. The van der Waals surface area contributed by atoms with Crippen LogP contribution in [0.1, 0.15) is 46.5 Å². The lowest BCUT2D eigenvalue weighted by Crippen LogP contribution is -2.41. The van der Waals surface area contributed by atoms with Crippen molar-refractivity contribution in [2.24, 2.45) is 17.6 Å². The van der Waals surface area contributed by atoms with E-state index in [1.54, 1.807) is 6.92 Å². The van der Waals surface area contributed by atoms with E-state index in [4.69, 9.17) is 19.9 Å². The molecule has 0 radical (unpaired) electrons. The van der Waals surface area contributed by atoms with Crippen molar-refractivity contribution in [3.63, 3.8) is 0 Å². The van der Waals surface area contributed by atoms with Gasteiger partial charge in [0.25, 0.3) is 0 Å². The summed E-state index contributed by atoms with van der Waals surface area (Å²) in [6.07, 6.45) is -4.64. The van der Waals surface area contributed by atoms with Crippen LogP contribution in [0.15, 0.2) is 0 Å². The van der Waals surface area contributed by atoms with Gasteiger partial charge in [-0.1, -0.05) is 20.3 Å². The monoisotopic (exact) mass is 369 g/mol. The molecule has 148 valence electrons. The first kappa shape index (κ1) is 22.2. The Morgan fingerprint density at radius 1 is 1.32 bits per heavy atom. The molecule has 8 heteroatoms. The van der Waals surface area contributed by atoms with Crippen LogP contribution >= 0.6 is 0 Å². The Labute approximate surface area is 147 Å². The van der Waals surface area contributed by atoms with Crippen molar-refractivity contribution in [3.05, 3.63) is 0 Å². The molecule has 1 aliphatic heterocycles. The van der Waals surface area contributed by atoms with Gasteiger partial charge in [0, 0.05) is 18.9 Å². The molecule has 0 aromatic rings. The first-order valence-corrected chi connectivity index (χ1v) is 8.82. The van der Waals surface area contributed by atoms with Crippen LogP contribution in [-0.4, -0.2) is 50.2 Å². The molecule has 5 nitrogen and oxygen atoms in total. The van der Waals surface area contributed by atoms with Crippen LogP contribution in [0.3, 0.4) is 0 Å². The maximum atomic E-state index is 12.3. The van der Waals surface area contributed by atoms with Gasteiger partial charge in [0.1, 0.15) is 12.1 Å². The molecule has 0 bridgehead atoms. The molecule has 0 aliphatic carbocycles. The highest BCUT2D eigenvalue weighted by Crippen LogP contribution is 2.26. The van der Waals surface area contributed by atoms with Crippen LogP contribution in [0.2, 0.25) is 0 Å². The normalized spacial score (nSPS) is 29.0. The number of hydrogen-bond donors (Lipinski definition) is 1. The van der Waals surface area contributed by atoms with Gasteiger partial charge in [0.2, 0.25) is 0 Å². The summed E-state index contributed by atoms with van der Waals surface area (Å²) >= 11 is 0. The zero-order valence-corrected chi connectivity index (χ0v) is 15.2. The van der Waals surface area contributed by atoms with Crippen LogP contribution in [-0.2, 0) is 19.0 Å². The smallest absolute Gasteiger partial charge is 0.389 e. The largest absolute Gasteiger partial charge is 0.459 e. The number of hydrogen-bond acceptors (Lipinski definition) is 5. The van der Waals surface area contributed by atoms with E-state index in [1.807, 2.05) is 0 Å². The third kappa shape index (κ3) is 8.87. The predicted octanol–water partition coefficient (Wildman–Crippen LogP) is 3.06. The predicted molar refractivity (Wildman–Crippen MR) is 86.9 cm³/mol. The molecule has 1 heterocycles. The molecule has 0 spiro atoms. The first-order chi connectivity index (χ1) is 11.6. The number of alkyl halides is 3. The van der Waals surface area contributed by atoms with E-state index < -0.39 is 36.8 Å². The molecule has 0 aromatic heterocycles. The summed E-state index contributed by atoms with van der Waals surface area (Å²) in [6.45, 7) is 6.22. The van der Waals surface area contributed by atoms with Gasteiger partial charge in [0.15, 0.2) is 0 Å². The minimum atomic E-state index is -4.20. The summed E-state index contributed by atoms with van der Waals surface area (Å²) < 4.78 is 53.5. The summed E-state index contributed by atoms with van der Waals surface area (Å²) in [5.41, 5.74) is 5.70.